The molecule has 0 saturated heterocycles. The summed E-state index contributed by atoms with van der Waals surface area (Å²) in [5.41, 5.74) is 3.91. The number of benzene rings is 2. The number of tetrazole rings is 1. The molecule has 0 unspecified atom stereocenters. The Morgan fingerprint density at radius 3 is 2.74 bits per heavy atom. The highest BCUT2D eigenvalue weighted by Crippen LogP contribution is 2.14. The molecule has 0 fully saturated rings. The summed E-state index contributed by atoms with van der Waals surface area (Å²) in [4.78, 5) is 12.1. The van der Waals surface area contributed by atoms with Gasteiger partial charge in [0.05, 0.1) is 5.69 Å². The number of carbonyl (C=O) groups excluding carboxylic acids is 1. The quantitative estimate of drug-likeness (QED) is 0.786. The number of anilines is 1. The summed E-state index contributed by atoms with van der Waals surface area (Å²) in [5.74, 6) is -0.0144. The van der Waals surface area contributed by atoms with Gasteiger partial charge in [-0.1, -0.05) is 35.9 Å². The van der Waals surface area contributed by atoms with Crippen molar-refractivity contribution in [1.82, 2.24) is 20.2 Å². The molecule has 0 aliphatic rings. The summed E-state index contributed by atoms with van der Waals surface area (Å²) >= 11 is 0. The van der Waals surface area contributed by atoms with E-state index in [2.05, 4.69) is 45.1 Å². The lowest BCUT2D eigenvalue weighted by molar-refractivity contribution is -0.116. The van der Waals surface area contributed by atoms with Crippen LogP contribution in [0.5, 0.6) is 0 Å². The fourth-order valence-corrected chi connectivity index (χ4v) is 2.24. The summed E-state index contributed by atoms with van der Waals surface area (Å²) in [7, 11) is 0. The molecule has 23 heavy (non-hydrogen) atoms. The molecule has 2 aromatic carbocycles. The largest absolute Gasteiger partial charge is 0.326 e. The second-order valence-corrected chi connectivity index (χ2v) is 5.34. The first-order valence-electron chi connectivity index (χ1n) is 7.39. The molecule has 6 nitrogen and oxygen atoms in total. The maximum absolute atomic E-state index is 12.1. The van der Waals surface area contributed by atoms with Gasteiger partial charge in [0.15, 0.2) is 0 Å². The molecule has 0 aliphatic carbocycles. The number of nitrogens with zero attached hydrogens (tertiary/aromatic N) is 4. The maximum atomic E-state index is 12.1. The van der Waals surface area contributed by atoms with Gasteiger partial charge >= 0.3 is 0 Å². The number of hydrogen-bond donors (Lipinski definition) is 1. The molecule has 1 heterocycles. The minimum atomic E-state index is -0.0144. The van der Waals surface area contributed by atoms with Crippen molar-refractivity contribution in [2.24, 2.45) is 0 Å². The van der Waals surface area contributed by atoms with Crippen LogP contribution in [0.1, 0.15) is 17.5 Å². The van der Waals surface area contributed by atoms with Crippen molar-refractivity contribution in [3.8, 4) is 5.69 Å². The van der Waals surface area contributed by atoms with Crippen LogP contribution in [0.2, 0.25) is 0 Å². The highest BCUT2D eigenvalue weighted by Gasteiger charge is 2.05. The van der Waals surface area contributed by atoms with Gasteiger partial charge in [0.25, 0.3) is 0 Å². The first-order valence-corrected chi connectivity index (χ1v) is 7.39. The zero-order chi connectivity index (χ0) is 16.1. The Morgan fingerprint density at radius 2 is 2.00 bits per heavy atom. The smallest absolute Gasteiger partial charge is 0.224 e. The first-order chi connectivity index (χ1) is 11.2. The summed E-state index contributed by atoms with van der Waals surface area (Å²) < 4.78 is 1.54. The van der Waals surface area contributed by atoms with Crippen LogP contribution >= 0.6 is 0 Å². The molecule has 3 aromatic rings. The third kappa shape index (κ3) is 4.00. The normalized spacial score (nSPS) is 10.5. The molecule has 0 bridgehead atoms. The van der Waals surface area contributed by atoms with Crippen molar-refractivity contribution in [3.63, 3.8) is 0 Å². The molecular formula is C17H17N5O. The predicted octanol–water partition coefficient (Wildman–Crippen LogP) is 2.54. The van der Waals surface area contributed by atoms with Gasteiger partial charge in [0, 0.05) is 12.1 Å². The molecule has 0 radical (unpaired) electrons. The van der Waals surface area contributed by atoms with Crippen LogP contribution < -0.4 is 5.32 Å². The number of amides is 1. The molecule has 1 amide bonds. The summed E-state index contributed by atoms with van der Waals surface area (Å²) in [5, 5.41) is 13.9. The van der Waals surface area contributed by atoms with Crippen LogP contribution in [-0.4, -0.2) is 26.1 Å². The highest BCUT2D eigenvalue weighted by atomic mass is 16.1. The Morgan fingerprint density at radius 1 is 1.17 bits per heavy atom. The second kappa shape index (κ2) is 6.83. The standard InChI is InChI=1S/C17H17N5O/c1-13-5-7-14(8-6-13)9-10-17(23)19-15-3-2-4-16(11-15)22-12-18-20-21-22/h2-8,11-12H,9-10H2,1H3,(H,19,23). The SMILES string of the molecule is Cc1ccc(CCC(=O)Nc2cccc(-n3cnnn3)c2)cc1. The Labute approximate surface area is 134 Å². The zero-order valence-corrected chi connectivity index (χ0v) is 12.8. The van der Waals surface area contributed by atoms with Crippen LogP contribution in [0.25, 0.3) is 5.69 Å². The van der Waals surface area contributed by atoms with Gasteiger partial charge in [-0.05, 0) is 47.5 Å². The number of hydrogen-bond acceptors (Lipinski definition) is 4. The van der Waals surface area contributed by atoms with Crippen LogP contribution in [0, 0.1) is 6.92 Å². The van der Waals surface area contributed by atoms with Gasteiger partial charge in [0.2, 0.25) is 5.91 Å². The minimum absolute atomic E-state index is 0.0144. The van der Waals surface area contributed by atoms with Crippen molar-refractivity contribution in [2.75, 3.05) is 5.32 Å². The molecule has 0 aliphatic heterocycles. The Kier molecular flexibility index (Phi) is 4.42. The highest BCUT2D eigenvalue weighted by molar-refractivity contribution is 5.91. The molecular weight excluding hydrogens is 290 g/mol. The van der Waals surface area contributed by atoms with E-state index in [-0.39, 0.29) is 5.91 Å². The van der Waals surface area contributed by atoms with Crippen LogP contribution in [0.15, 0.2) is 54.9 Å². The Balaban J connectivity index is 1.59. The molecule has 116 valence electrons. The third-order valence-corrected chi connectivity index (χ3v) is 3.50. The fourth-order valence-electron chi connectivity index (χ4n) is 2.24. The fraction of sp³-hybridized carbons (Fsp3) is 0.176. The van der Waals surface area contributed by atoms with Gasteiger partial charge in [-0.25, -0.2) is 4.68 Å². The van der Waals surface area contributed by atoms with Gasteiger partial charge in [-0.2, -0.15) is 0 Å². The summed E-state index contributed by atoms with van der Waals surface area (Å²) in [6, 6.07) is 15.6. The van der Waals surface area contributed by atoms with Crippen molar-refractivity contribution in [1.29, 1.82) is 0 Å². The van der Waals surface area contributed by atoms with E-state index in [9.17, 15) is 4.79 Å². The number of carbonyl (C=O) groups is 1. The van der Waals surface area contributed by atoms with Gasteiger partial charge in [-0.15, -0.1) is 5.10 Å². The minimum Gasteiger partial charge on any atom is -0.326 e. The third-order valence-electron chi connectivity index (χ3n) is 3.50. The topological polar surface area (TPSA) is 72.7 Å². The van der Waals surface area contributed by atoms with Crippen molar-refractivity contribution in [3.05, 3.63) is 66.0 Å². The number of aryl methyl sites for hydroxylation is 2. The van der Waals surface area contributed by atoms with Crippen molar-refractivity contribution in [2.45, 2.75) is 19.8 Å². The number of aromatic nitrogens is 4. The van der Waals surface area contributed by atoms with E-state index in [0.29, 0.717) is 6.42 Å². The lowest BCUT2D eigenvalue weighted by Gasteiger charge is -2.07. The van der Waals surface area contributed by atoms with Crippen LogP contribution in [0.4, 0.5) is 5.69 Å². The van der Waals surface area contributed by atoms with Crippen molar-refractivity contribution >= 4 is 11.6 Å². The lowest BCUT2D eigenvalue weighted by atomic mass is 10.1. The first kappa shape index (κ1) is 14.9. The van der Waals surface area contributed by atoms with Gasteiger partial charge < -0.3 is 5.32 Å². The van der Waals surface area contributed by atoms with E-state index in [0.717, 1.165) is 23.4 Å². The zero-order valence-electron chi connectivity index (χ0n) is 12.8. The lowest BCUT2D eigenvalue weighted by Crippen LogP contribution is -2.12. The monoisotopic (exact) mass is 307 g/mol. The van der Waals surface area contributed by atoms with E-state index < -0.39 is 0 Å². The molecule has 3 rings (SSSR count). The summed E-state index contributed by atoms with van der Waals surface area (Å²) in [6.07, 6.45) is 2.68. The average molecular weight is 307 g/mol. The summed E-state index contributed by atoms with van der Waals surface area (Å²) in [6.45, 7) is 2.05. The molecule has 1 N–H and O–H groups in total. The van der Waals surface area contributed by atoms with E-state index in [1.54, 1.807) is 4.68 Å². The van der Waals surface area contributed by atoms with E-state index >= 15 is 0 Å². The average Bonchev–Trinajstić information content (AvgIpc) is 3.09. The van der Waals surface area contributed by atoms with Crippen molar-refractivity contribution < 1.29 is 4.79 Å². The molecule has 0 saturated carbocycles. The molecule has 0 spiro atoms. The predicted molar refractivity (Wildman–Crippen MR) is 87.3 cm³/mol. The van der Waals surface area contributed by atoms with E-state index in [1.807, 2.05) is 31.2 Å². The van der Waals surface area contributed by atoms with E-state index in [1.165, 1.54) is 11.9 Å². The van der Waals surface area contributed by atoms with Gasteiger partial charge in [-0.3, -0.25) is 4.79 Å². The van der Waals surface area contributed by atoms with Crippen LogP contribution in [0.3, 0.4) is 0 Å². The van der Waals surface area contributed by atoms with Crippen LogP contribution in [-0.2, 0) is 11.2 Å². The number of rotatable bonds is 5. The molecule has 0 atom stereocenters. The van der Waals surface area contributed by atoms with Gasteiger partial charge in [0.1, 0.15) is 6.33 Å². The maximum Gasteiger partial charge on any atom is 0.224 e. The molecule has 6 heteroatoms. The van der Waals surface area contributed by atoms with E-state index in [4.69, 9.17) is 0 Å². The Hall–Kier alpha value is -3.02. The Bertz CT molecular complexity index is 781. The second-order valence-electron chi connectivity index (χ2n) is 5.34. The molecule has 1 aromatic heterocycles. The number of nitrogens with one attached hydrogen (secondary N) is 1.